The lowest BCUT2D eigenvalue weighted by molar-refractivity contribution is 0.0490. The van der Waals surface area contributed by atoms with E-state index in [1.165, 1.54) is 25.7 Å². The Bertz CT molecular complexity index is 208. The Hall–Kier alpha value is -0.590. The van der Waals surface area contributed by atoms with Gasteiger partial charge in [0, 0.05) is 13.0 Å². The predicted octanol–water partition coefficient (Wildman–Crippen LogP) is 2.99. The molecule has 0 bridgehead atoms. The van der Waals surface area contributed by atoms with Crippen molar-refractivity contribution in [2.75, 3.05) is 6.61 Å². The Morgan fingerprint density at radius 1 is 1.31 bits per heavy atom. The van der Waals surface area contributed by atoms with Crippen molar-refractivity contribution in [2.24, 2.45) is 5.73 Å². The second-order valence-corrected chi connectivity index (χ2v) is 4.83. The van der Waals surface area contributed by atoms with E-state index < -0.39 is 5.54 Å². The highest BCUT2D eigenvalue weighted by Crippen LogP contribution is 2.11. The van der Waals surface area contributed by atoms with Gasteiger partial charge in [0.25, 0.3) is 0 Å². The number of rotatable bonds is 9. The second-order valence-electron chi connectivity index (χ2n) is 4.83. The third kappa shape index (κ3) is 8.70. The second kappa shape index (κ2) is 8.55. The zero-order valence-corrected chi connectivity index (χ0v) is 11.0. The molecule has 2 atom stereocenters. The van der Waals surface area contributed by atoms with E-state index in [4.69, 9.17) is 15.7 Å². The first-order chi connectivity index (χ1) is 7.52. The Kier molecular flexibility index (Phi) is 8.23. The third-order valence-corrected chi connectivity index (χ3v) is 2.62. The molecule has 3 heteroatoms. The minimum Gasteiger partial charge on any atom is -0.378 e. The molecule has 0 spiro atoms. The van der Waals surface area contributed by atoms with Gasteiger partial charge in [-0.05, 0) is 20.3 Å². The summed E-state index contributed by atoms with van der Waals surface area (Å²) in [6.45, 7) is 6.72. The van der Waals surface area contributed by atoms with E-state index in [1.54, 1.807) is 6.92 Å². The summed E-state index contributed by atoms with van der Waals surface area (Å²) in [6.07, 6.45) is 6.88. The van der Waals surface area contributed by atoms with Crippen molar-refractivity contribution in [1.82, 2.24) is 0 Å². The van der Waals surface area contributed by atoms with Crippen LogP contribution in [0, 0.1) is 11.3 Å². The summed E-state index contributed by atoms with van der Waals surface area (Å²) < 4.78 is 5.63. The van der Waals surface area contributed by atoms with Gasteiger partial charge in [0.15, 0.2) is 0 Å². The van der Waals surface area contributed by atoms with Crippen LogP contribution in [0.2, 0.25) is 0 Å². The molecule has 0 rings (SSSR count). The molecular weight excluding hydrogens is 200 g/mol. The van der Waals surface area contributed by atoms with E-state index in [2.05, 4.69) is 13.0 Å². The van der Waals surface area contributed by atoms with Crippen LogP contribution >= 0.6 is 0 Å². The van der Waals surface area contributed by atoms with Gasteiger partial charge in [-0.2, -0.15) is 5.26 Å². The van der Waals surface area contributed by atoms with Crippen LogP contribution < -0.4 is 5.73 Å². The van der Waals surface area contributed by atoms with Crippen LogP contribution in [-0.4, -0.2) is 18.2 Å². The van der Waals surface area contributed by atoms with Crippen LogP contribution in [0.3, 0.4) is 0 Å². The molecule has 0 aliphatic rings. The first-order valence-electron chi connectivity index (χ1n) is 6.33. The first-order valence-corrected chi connectivity index (χ1v) is 6.33. The van der Waals surface area contributed by atoms with Crippen molar-refractivity contribution in [3.05, 3.63) is 0 Å². The molecule has 16 heavy (non-hydrogen) atoms. The maximum atomic E-state index is 8.78. The van der Waals surface area contributed by atoms with Gasteiger partial charge in [0.05, 0.1) is 12.2 Å². The number of nitrogens with two attached hydrogens (primary N) is 1. The molecule has 0 aromatic rings. The molecule has 2 N–H and O–H groups in total. The number of ether oxygens (including phenoxy) is 1. The topological polar surface area (TPSA) is 59.0 Å². The van der Waals surface area contributed by atoms with E-state index >= 15 is 0 Å². The SMILES string of the molecule is CCCCCCCOC(C)CC(C)(N)C#N. The van der Waals surface area contributed by atoms with E-state index in [1.807, 2.05) is 6.92 Å². The molecule has 0 saturated heterocycles. The Morgan fingerprint density at radius 2 is 1.94 bits per heavy atom. The zero-order chi connectivity index (χ0) is 12.4. The lowest BCUT2D eigenvalue weighted by Gasteiger charge is -2.20. The molecular formula is C13H26N2O. The molecule has 0 heterocycles. The van der Waals surface area contributed by atoms with Crippen LogP contribution in [0.25, 0.3) is 0 Å². The van der Waals surface area contributed by atoms with Gasteiger partial charge in [0.1, 0.15) is 5.54 Å². The molecule has 0 fully saturated rings. The highest BCUT2D eigenvalue weighted by atomic mass is 16.5. The number of unbranched alkanes of at least 4 members (excludes halogenated alkanes) is 4. The van der Waals surface area contributed by atoms with Gasteiger partial charge in [-0.25, -0.2) is 0 Å². The number of hydrogen-bond donors (Lipinski definition) is 1. The van der Waals surface area contributed by atoms with E-state index in [9.17, 15) is 0 Å². The van der Waals surface area contributed by atoms with Gasteiger partial charge in [0.2, 0.25) is 0 Å². The van der Waals surface area contributed by atoms with Crippen molar-refractivity contribution >= 4 is 0 Å². The van der Waals surface area contributed by atoms with Gasteiger partial charge in [-0.1, -0.05) is 32.6 Å². The smallest absolute Gasteiger partial charge is 0.103 e. The quantitative estimate of drug-likeness (QED) is 0.615. The molecule has 0 aliphatic heterocycles. The van der Waals surface area contributed by atoms with Crippen molar-refractivity contribution in [1.29, 1.82) is 5.26 Å². The maximum absolute atomic E-state index is 8.78. The fraction of sp³-hybridized carbons (Fsp3) is 0.923. The molecule has 0 aliphatic carbocycles. The molecule has 2 unspecified atom stereocenters. The summed E-state index contributed by atoms with van der Waals surface area (Å²) in [5.41, 5.74) is 4.98. The number of nitriles is 1. The van der Waals surface area contributed by atoms with E-state index in [-0.39, 0.29) is 6.10 Å². The van der Waals surface area contributed by atoms with Gasteiger partial charge < -0.3 is 10.5 Å². The first kappa shape index (κ1) is 15.4. The third-order valence-electron chi connectivity index (χ3n) is 2.62. The highest BCUT2D eigenvalue weighted by Gasteiger charge is 2.20. The Morgan fingerprint density at radius 3 is 2.50 bits per heavy atom. The normalized spacial score (nSPS) is 16.4. The summed E-state index contributed by atoms with van der Waals surface area (Å²) >= 11 is 0. The lowest BCUT2D eigenvalue weighted by atomic mass is 9.98. The zero-order valence-electron chi connectivity index (χ0n) is 11.0. The summed E-state index contributed by atoms with van der Waals surface area (Å²) in [4.78, 5) is 0. The molecule has 0 radical (unpaired) electrons. The minimum atomic E-state index is -0.762. The van der Waals surface area contributed by atoms with Crippen LogP contribution in [0.4, 0.5) is 0 Å². The number of hydrogen-bond acceptors (Lipinski definition) is 3. The lowest BCUT2D eigenvalue weighted by Crippen LogP contribution is -2.38. The van der Waals surface area contributed by atoms with E-state index in [0.29, 0.717) is 6.42 Å². The van der Waals surface area contributed by atoms with Crippen LogP contribution in [0.5, 0.6) is 0 Å². The van der Waals surface area contributed by atoms with Crippen LogP contribution in [0.15, 0.2) is 0 Å². The molecule has 94 valence electrons. The molecule has 0 amide bonds. The average Bonchev–Trinajstić information content (AvgIpc) is 2.22. The summed E-state index contributed by atoms with van der Waals surface area (Å²) in [7, 11) is 0. The van der Waals surface area contributed by atoms with Crippen molar-refractivity contribution in [2.45, 2.75) is 70.9 Å². The molecule has 0 aromatic carbocycles. The summed E-state index contributed by atoms with van der Waals surface area (Å²) in [5.74, 6) is 0. The van der Waals surface area contributed by atoms with Crippen molar-refractivity contribution < 1.29 is 4.74 Å². The maximum Gasteiger partial charge on any atom is 0.103 e. The van der Waals surface area contributed by atoms with E-state index in [0.717, 1.165) is 13.0 Å². The highest BCUT2D eigenvalue weighted by molar-refractivity contribution is 5.01. The molecule has 3 nitrogen and oxygen atoms in total. The van der Waals surface area contributed by atoms with Gasteiger partial charge in [-0.15, -0.1) is 0 Å². The van der Waals surface area contributed by atoms with Crippen molar-refractivity contribution in [3.63, 3.8) is 0 Å². The van der Waals surface area contributed by atoms with Crippen molar-refractivity contribution in [3.8, 4) is 6.07 Å². The molecule has 0 saturated carbocycles. The minimum absolute atomic E-state index is 0.0702. The summed E-state index contributed by atoms with van der Waals surface area (Å²) in [6, 6.07) is 2.09. The predicted molar refractivity (Wildman–Crippen MR) is 67.0 cm³/mol. The Labute approximate surface area is 100.0 Å². The monoisotopic (exact) mass is 226 g/mol. The fourth-order valence-electron chi connectivity index (χ4n) is 1.69. The largest absolute Gasteiger partial charge is 0.378 e. The Balaban J connectivity index is 3.45. The van der Waals surface area contributed by atoms with Crippen LogP contribution in [0.1, 0.15) is 59.3 Å². The number of nitrogens with zero attached hydrogens (tertiary/aromatic N) is 1. The standard InChI is InChI=1S/C13H26N2O/c1-4-5-6-7-8-9-16-12(2)10-13(3,15)11-14/h12H,4-10,15H2,1-3H3. The fourth-order valence-corrected chi connectivity index (χ4v) is 1.69. The molecule has 0 aromatic heterocycles. The van der Waals surface area contributed by atoms with Gasteiger partial charge >= 0.3 is 0 Å². The average molecular weight is 226 g/mol. The van der Waals surface area contributed by atoms with Gasteiger partial charge in [-0.3, -0.25) is 0 Å². The van der Waals surface area contributed by atoms with Crippen LogP contribution in [-0.2, 0) is 4.74 Å². The summed E-state index contributed by atoms with van der Waals surface area (Å²) in [5, 5.41) is 8.78.